The third-order valence-electron chi connectivity index (χ3n) is 5.54. The van der Waals surface area contributed by atoms with Crippen LogP contribution in [0.2, 0.25) is 0 Å². The first-order valence-electron chi connectivity index (χ1n) is 10.3. The molecule has 6 nitrogen and oxygen atoms in total. The number of nitrogens with zero attached hydrogens (tertiary/aromatic N) is 3. The lowest BCUT2D eigenvalue weighted by atomic mass is 10.0. The van der Waals surface area contributed by atoms with Crippen LogP contribution in [-0.2, 0) is 4.79 Å². The molecule has 1 saturated heterocycles. The van der Waals surface area contributed by atoms with Crippen LogP contribution < -0.4 is 10.2 Å². The van der Waals surface area contributed by atoms with Crippen molar-refractivity contribution in [1.29, 1.82) is 0 Å². The summed E-state index contributed by atoms with van der Waals surface area (Å²) in [5.41, 5.74) is 1.24. The summed E-state index contributed by atoms with van der Waals surface area (Å²) in [7, 11) is 0. The van der Waals surface area contributed by atoms with Gasteiger partial charge in [-0.05, 0) is 37.1 Å². The number of pyridine rings is 1. The molecule has 1 fully saturated rings. The maximum atomic E-state index is 12.1. The molecule has 2 aromatic rings. The van der Waals surface area contributed by atoms with Crippen LogP contribution in [0.1, 0.15) is 18.9 Å². The first kappa shape index (κ1) is 21.7. The van der Waals surface area contributed by atoms with E-state index in [2.05, 4.69) is 26.7 Å². The molecule has 30 heavy (non-hydrogen) atoms. The number of amides is 1. The molecule has 1 aliphatic rings. The van der Waals surface area contributed by atoms with Gasteiger partial charge in [0.15, 0.2) is 0 Å². The number of aliphatic hydroxyl groups excluding tert-OH is 1. The quantitative estimate of drug-likeness (QED) is 0.546. The Morgan fingerprint density at radius 2 is 2.00 bits per heavy atom. The highest BCUT2D eigenvalue weighted by Gasteiger charge is 2.29. The summed E-state index contributed by atoms with van der Waals surface area (Å²) in [6, 6.07) is 13.5. The summed E-state index contributed by atoms with van der Waals surface area (Å²) in [6.07, 6.45) is 7.79. The van der Waals surface area contributed by atoms with Crippen LogP contribution in [0.15, 0.2) is 67.4 Å². The van der Waals surface area contributed by atoms with Crippen LogP contribution in [0.5, 0.6) is 0 Å². The van der Waals surface area contributed by atoms with Crippen LogP contribution in [0.3, 0.4) is 0 Å². The topological polar surface area (TPSA) is 68.7 Å². The highest BCUT2D eigenvalue weighted by Crippen LogP contribution is 2.21. The molecule has 1 aromatic carbocycles. The zero-order chi connectivity index (χ0) is 21.4. The molecule has 158 valence electrons. The highest BCUT2D eigenvalue weighted by molar-refractivity contribution is 6.01. The summed E-state index contributed by atoms with van der Waals surface area (Å²) < 4.78 is 0. The van der Waals surface area contributed by atoms with Crippen molar-refractivity contribution >= 4 is 23.5 Å². The highest BCUT2D eigenvalue weighted by atomic mass is 16.3. The van der Waals surface area contributed by atoms with Crippen molar-refractivity contribution in [3.8, 4) is 0 Å². The number of aromatic nitrogens is 1. The van der Waals surface area contributed by atoms with Crippen molar-refractivity contribution in [2.45, 2.75) is 18.9 Å². The summed E-state index contributed by atoms with van der Waals surface area (Å²) in [6.45, 7) is 9.40. The molecule has 0 spiro atoms. The maximum Gasteiger partial charge on any atom is 0.248 e. The summed E-state index contributed by atoms with van der Waals surface area (Å²) in [5.74, 6) is 0.700. The van der Waals surface area contributed by atoms with Gasteiger partial charge in [0.1, 0.15) is 5.82 Å². The van der Waals surface area contributed by atoms with E-state index < -0.39 is 5.54 Å². The lowest BCUT2D eigenvalue weighted by Crippen LogP contribution is -2.49. The third kappa shape index (κ3) is 5.55. The molecular weight excluding hydrogens is 376 g/mol. The van der Waals surface area contributed by atoms with Gasteiger partial charge in [0.05, 0.1) is 24.0 Å². The minimum atomic E-state index is -0.398. The molecule has 2 heterocycles. The molecule has 0 saturated carbocycles. The molecule has 1 atom stereocenters. The standard InChI is InChI=1S/C24H30N4O2/c1-3-24(2,19-29)28-15-7-14-27(16-17-28)22-12-11-21(18-25-22)26-23(30)13-10-20-8-5-4-6-9-20/h3-6,8-13,18,29H,1,7,14-17,19H2,2H3,(H,26,30)/b13-10+. The van der Waals surface area contributed by atoms with E-state index in [-0.39, 0.29) is 12.5 Å². The van der Waals surface area contributed by atoms with Gasteiger partial charge >= 0.3 is 0 Å². The molecule has 0 radical (unpaired) electrons. The molecule has 3 rings (SSSR count). The van der Waals surface area contributed by atoms with Gasteiger partial charge in [-0.2, -0.15) is 0 Å². The van der Waals surface area contributed by atoms with Gasteiger partial charge in [-0.1, -0.05) is 36.4 Å². The number of carbonyl (C=O) groups excluding carboxylic acids is 1. The van der Waals surface area contributed by atoms with Gasteiger partial charge < -0.3 is 15.3 Å². The second-order valence-corrected chi connectivity index (χ2v) is 7.69. The van der Waals surface area contributed by atoms with E-state index in [1.807, 2.05) is 55.5 Å². The number of hydrogen-bond acceptors (Lipinski definition) is 5. The Balaban J connectivity index is 1.57. The molecule has 0 aliphatic carbocycles. The smallest absolute Gasteiger partial charge is 0.248 e. The van der Waals surface area contributed by atoms with E-state index in [9.17, 15) is 9.90 Å². The number of nitrogens with one attached hydrogen (secondary N) is 1. The number of rotatable bonds is 7. The molecule has 1 aliphatic heterocycles. The van der Waals surface area contributed by atoms with Crippen LogP contribution in [-0.4, -0.2) is 59.2 Å². The van der Waals surface area contributed by atoms with Gasteiger partial charge in [-0.25, -0.2) is 4.98 Å². The van der Waals surface area contributed by atoms with Crippen LogP contribution in [0.4, 0.5) is 11.5 Å². The first-order valence-corrected chi connectivity index (χ1v) is 10.3. The summed E-state index contributed by atoms with van der Waals surface area (Å²) in [4.78, 5) is 21.2. The number of benzene rings is 1. The average Bonchev–Trinajstić information content (AvgIpc) is 3.05. The Morgan fingerprint density at radius 1 is 1.20 bits per heavy atom. The molecule has 2 N–H and O–H groups in total. The Bertz CT molecular complexity index is 867. The Morgan fingerprint density at radius 3 is 2.67 bits per heavy atom. The van der Waals surface area contributed by atoms with Crippen molar-refractivity contribution in [1.82, 2.24) is 9.88 Å². The molecule has 0 bridgehead atoms. The second-order valence-electron chi connectivity index (χ2n) is 7.69. The number of aliphatic hydroxyl groups is 1. The number of hydrogen-bond donors (Lipinski definition) is 2. The lowest BCUT2D eigenvalue weighted by molar-refractivity contribution is -0.111. The first-order chi connectivity index (χ1) is 14.5. The maximum absolute atomic E-state index is 12.1. The second kappa shape index (κ2) is 10.2. The minimum Gasteiger partial charge on any atom is -0.394 e. The monoisotopic (exact) mass is 406 g/mol. The minimum absolute atomic E-state index is 0.0574. The van der Waals surface area contributed by atoms with Crippen LogP contribution >= 0.6 is 0 Å². The van der Waals surface area contributed by atoms with E-state index >= 15 is 0 Å². The van der Waals surface area contributed by atoms with Gasteiger partial charge in [0, 0.05) is 32.3 Å². The van der Waals surface area contributed by atoms with Crippen molar-refractivity contribution in [3.05, 3.63) is 73.0 Å². The van der Waals surface area contributed by atoms with E-state index in [0.29, 0.717) is 5.69 Å². The van der Waals surface area contributed by atoms with E-state index in [1.54, 1.807) is 12.3 Å². The largest absolute Gasteiger partial charge is 0.394 e. The van der Waals surface area contributed by atoms with Crippen molar-refractivity contribution in [2.75, 3.05) is 43.0 Å². The van der Waals surface area contributed by atoms with E-state index in [4.69, 9.17) is 0 Å². The average molecular weight is 407 g/mol. The fourth-order valence-electron chi connectivity index (χ4n) is 3.52. The zero-order valence-electron chi connectivity index (χ0n) is 17.5. The van der Waals surface area contributed by atoms with Crippen molar-refractivity contribution in [3.63, 3.8) is 0 Å². The Hall–Kier alpha value is -2.96. The van der Waals surface area contributed by atoms with E-state index in [1.165, 1.54) is 6.08 Å². The molecule has 6 heteroatoms. The summed E-state index contributed by atoms with van der Waals surface area (Å²) in [5, 5.41) is 12.6. The molecule has 1 amide bonds. The lowest BCUT2D eigenvalue weighted by Gasteiger charge is -2.37. The molecular formula is C24H30N4O2. The SMILES string of the molecule is C=CC(C)(CO)N1CCCN(c2ccc(NC(=O)/C=C/c3ccccc3)cn2)CC1. The zero-order valence-corrected chi connectivity index (χ0v) is 17.5. The van der Waals surface area contributed by atoms with Gasteiger partial charge in [-0.15, -0.1) is 6.58 Å². The summed E-state index contributed by atoms with van der Waals surface area (Å²) >= 11 is 0. The van der Waals surface area contributed by atoms with Gasteiger partial charge in [-0.3, -0.25) is 9.69 Å². The van der Waals surface area contributed by atoms with Crippen LogP contribution in [0, 0.1) is 0 Å². The normalized spacial score (nSPS) is 17.3. The molecule has 1 aromatic heterocycles. The predicted molar refractivity (Wildman–Crippen MR) is 122 cm³/mol. The Kier molecular flexibility index (Phi) is 7.38. The fourth-order valence-corrected chi connectivity index (χ4v) is 3.52. The number of anilines is 2. The number of carbonyl (C=O) groups is 1. The van der Waals surface area contributed by atoms with Gasteiger partial charge in [0.2, 0.25) is 5.91 Å². The van der Waals surface area contributed by atoms with Gasteiger partial charge in [0.25, 0.3) is 0 Å². The molecule has 1 unspecified atom stereocenters. The third-order valence-corrected chi connectivity index (χ3v) is 5.54. The Labute approximate surface area is 178 Å². The van der Waals surface area contributed by atoms with Crippen molar-refractivity contribution in [2.24, 2.45) is 0 Å². The van der Waals surface area contributed by atoms with Crippen LogP contribution in [0.25, 0.3) is 6.08 Å². The van der Waals surface area contributed by atoms with E-state index in [0.717, 1.165) is 44.0 Å². The fraction of sp³-hybridized carbons (Fsp3) is 0.333. The predicted octanol–water partition coefficient (Wildman–Crippen LogP) is 3.18. The van der Waals surface area contributed by atoms with Crippen molar-refractivity contribution < 1.29 is 9.90 Å².